The lowest BCUT2D eigenvalue weighted by Gasteiger charge is -2.19. The van der Waals surface area contributed by atoms with Crippen molar-refractivity contribution < 1.29 is 15.0 Å². The summed E-state index contributed by atoms with van der Waals surface area (Å²) < 4.78 is 1.76. The van der Waals surface area contributed by atoms with Gasteiger partial charge < -0.3 is 14.8 Å². The van der Waals surface area contributed by atoms with Gasteiger partial charge in [-0.3, -0.25) is 14.5 Å². The SMILES string of the molecule is Cc1ccc(Cn2cc(O)c(=O)cc2CN(C)CC(=O)O)cc1. The largest absolute Gasteiger partial charge is 0.503 e. The molecule has 0 aliphatic rings. The molecule has 2 rings (SSSR count). The minimum absolute atomic E-state index is 0.125. The van der Waals surface area contributed by atoms with Crippen LogP contribution < -0.4 is 5.43 Å². The lowest BCUT2D eigenvalue weighted by molar-refractivity contribution is -0.138. The molecule has 23 heavy (non-hydrogen) atoms. The zero-order valence-electron chi connectivity index (χ0n) is 13.2. The van der Waals surface area contributed by atoms with E-state index in [1.54, 1.807) is 16.5 Å². The highest BCUT2D eigenvalue weighted by Gasteiger charge is 2.11. The molecule has 0 spiro atoms. The number of nitrogens with zero attached hydrogens (tertiary/aromatic N) is 2. The molecule has 0 saturated heterocycles. The summed E-state index contributed by atoms with van der Waals surface area (Å²) in [5.74, 6) is -1.25. The number of carbonyl (C=O) groups is 1. The van der Waals surface area contributed by atoms with Crippen LogP contribution in [0.3, 0.4) is 0 Å². The highest BCUT2D eigenvalue weighted by molar-refractivity contribution is 5.69. The van der Waals surface area contributed by atoms with Crippen LogP contribution in [0.25, 0.3) is 0 Å². The van der Waals surface area contributed by atoms with E-state index in [-0.39, 0.29) is 12.3 Å². The van der Waals surface area contributed by atoms with E-state index in [0.29, 0.717) is 18.8 Å². The molecule has 122 valence electrons. The van der Waals surface area contributed by atoms with E-state index in [1.807, 2.05) is 31.2 Å². The van der Waals surface area contributed by atoms with Gasteiger partial charge in [-0.25, -0.2) is 0 Å². The molecule has 1 aromatic heterocycles. The summed E-state index contributed by atoms with van der Waals surface area (Å²) in [6.45, 7) is 2.67. The van der Waals surface area contributed by atoms with Crippen molar-refractivity contribution >= 4 is 5.97 Å². The number of hydrogen-bond acceptors (Lipinski definition) is 4. The Morgan fingerprint density at radius 3 is 2.52 bits per heavy atom. The maximum atomic E-state index is 11.7. The second kappa shape index (κ2) is 7.11. The van der Waals surface area contributed by atoms with E-state index in [9.17, 15) is 14.7 Å². The summed E-state index contributed by atoms with van der Waals surface area (Å²) in [5, 5.41) is 18.5. The van der Waals surface area contributed by atoms with Gasteiger partial charge >= 0.3 is 5.97 Å². The molecular formula is C17H20N2O4. The Morgan fingerprint density at radius 2 is 1.91 bits per heavy atom. The zero-order valence-corrected chi connectivity index (χ0v) is 13.2. The molecule has 0 saturated carbocycles. The average Bonchev–Trinajstić information content (AvgIpc) is 2.45. The highest BCUT2D eigenvalue weighted by atomic mass is 16.4. The van der Waals surface area contributed by atoms with Crippen molar-refractivity contribution in [3.8, 4) is 5.75 Å². The number of aryl methyl sites for hydroxylation is 1. The van der Waals surface area contributed by atoms with Crippen LogP contribution in [0.2, 0.25) is 0 Å². The number of aromatic hydroxyl groups is 1. The predicted octanol–water partition coefficient (Wildman–Crippen LogP) is 1.43. The monoisotopic (exact) mass is 316 g/mol. The van der Waals surface area contributed by atoms with Gasteiger partial charge in [0.1, 0.15) is 0 Å². The summed E-state index contributed by atoms with van der Waals surface area (Å²) in [5.41, 5.74) is 2.36. The number of pyridine rings is 1. The minimum Gasteiger partial charge on any atom is -0.503 e. The second-order valence-corrected chi connectivity index (χ2v) is 5.69. The van der Waals surface area contributed by atoms with Gasteiger partial charge in [-0.15, -0.1) is 0 Å². The van der Waals surface area contributed by atoms with Crippen LogP contribution in [0.4, 0.5) is 0 Å². The fourth-order valence-corrected chi connectivity index (χ4v) is 2.34. The fraction of sp³-hybridized carbons (Fsp3) is 0.294. The smallest absolute Gasteiger partial charge is 0.317 e. The van der Waals surface area contributed by atoms with Gasteiger partial charge in [-0.05, 0) is 19.5 Å². The number of likely N-dealkylation sites (N-methyl/N-ethyl adjacent to an activating group) is 1. The van der Waals surface area contributed by atoms with Gasteiger partial charge in [0, 0.05) is 24.8 Å². The lowest BCUT2D eigenvalue weighted by Crippen LogP contribution is -2.27. The van der Waals surface area contributed by atoms with Gasteiger partial charge in [0.2, 0.25) is 5.43 Å². The summed E-state index contributed by atoms with van der Waals surface area (Å²) in [6, 6.07) is 9.30. The average molecular weight is 316 g/mol. The number of aromatic nitrogens is 1. The molecule has 0 aliphatic heterocycles. The van der Waals surface area contributed by atoms with Crippen molar-refractivity contribution in [1.82, 2.24) is 9.47 Å². The number of rotatable bonds is 6. The van der Waals surface area contributed by atoms with Crippen LogP contribution in [0.1, 0.15) is 16.8 Å². The molecule has 2 aromatic rings. The van der Waals surface area contributed by atoms with E-state index in [2.05, 4.69) is 0 Å². The third-order valence-electron chi connectivity index (χ3n) is 3.51. The summed E-state index contributed by atoms with van der Waals surface area (Å²) in [7, 11) is 1.67. The van der Waals surface area contributed by atoms with Gasteiger partial charge in [-0.2, -0.15) is 0 Å². The Balaban J connectivity index is 2.29. The lowest BCUT2D eigenvalue weighted by atomic mass is 10.1. The first-order chi connectivity index (χ1) is 10.8. The van der Waals surface area contributed by atoms with Crippen LogP contribution >= 0.6 is 0 Å². The van der Waals surface area contributed by atoms with Crippen LogP contribution in [0, 0.1) is 6.92 Å². The normalized spacial score (nSPS) is 10.9. The summed E-state index contributed by atoms with van der Waals surface area (Å²) >= 11 is 0. The third-order valence-corrected chi connectivity index (χ3v) is 3.51. The molecule has 0 aliphatic carbocycles. The van der Waals surface area contributed by atoms with Gasteiger partial charge in [-0.1, -0.05) is 29.8 Å². The molecule has 1 aromatic carbocycles. The number of hydrogen-bond donors (Lipinski definition) is 2. The maximum absolute atomic E-state index is 11.7. The van der Waals surface area contributed by atoms with Gasteiger partial charge in [0.25, 0.3) is 0 Å². The Bertz CT molecular complexity index is 750. The number of aliphatic carboxylic acids is 1. The topological polar surface area (TPSA) is 82.8 Å². The summed E-state index contributed by atoms with van der Waals surface area (Å²) in [6.07, 6.45) is 1.39. The molecule has 6 heteroatoms. The molecule has 0 radical (unpaired) electrons. The number of carboxylic acids is 1. The van der Waals surface area contributed by atoms with E-state index in [0.717, 1.165) is 11.1 Å². The Morgan fingerprint density at radius 1 is 1.26 bits per heavy atom. The van der Waals surface area contributed by atoms with Gasteiger partial charge in [0.05, 0.1) is 12.7 Å². The summed E-state index contributed by atoms with van der Waals surface area (Å²) in [4.78, 5) is 24.1. The minimum atomic E-state index is -0.932. The molecule has 0 unspecified atom stereocenters. The quantitative estimate of drug-likeness (QED) is 0.842. The Hall–Kier alpha value is -2.60. The van der Waals surface area contributed by atoms with Crippen molar-refractivity contribution in [3.05, 3.63) is 63.6 Å². The van der Waals surface area contributed by atoms with Crippen molar-refractivity contribution in [2.24, 2.45) is 0 Å². The van der Waals surface area contributed by atoms with Crippen LogP contribution in [-0.4, -0.2) is 39.2 Å². The predicted molar refractivity (Wildman–Crippen MR) is 86.6 cm³/mol. The van der Waals surface area contributed by atoms with Crippen molar-refractivity contribution in [2.45, 2.75) is 20.0 Å². The third kappa shape index (κ3) is 4.69. The number of carboxylic acid groups (broad SMARTS) is 1. The Kier molecular flexibility index (Phi) is 5.18. The Labute approximate surface area is 134 Å². The molecule has 1 heterocycles. The van der Waals surface area contributed by atoms with Crippen LogP contribution in [0.15, 0.2) is 41.3 Å². The molecule has 6 nitrogen and oxygen atoms in total. The van der Waals surface area contributed by atoms with E-state index in [4.69, 9.17) is 5.11 Å². The van der Waals surface area contributed by atoms with E-state index in [1.165, 1.54) is 12.3 Å². The molecule has 0 bridgehead atoms. The van der Waals surface area contributed by atoms with Crippen molar-refractivity contribution in [2.75, 3.05) is 13.6 Å². The zero-order chi connectivity index (χ0) is 17.0. The van der Waals surface area contributed by atoms with Gasteiger partial charge in [0.15, 0.2) is 5.75 Å². The standard InChI is InChI=1S/C17H20N2O4/c1-12-3-5-13(6-4-12)8-19-10-16(21)15(20)7-14(19)9-18(2)11-17(22)23/h3-7,10,21H,8-9,11H2,1-2H3,(H,22,23). The van der Waals surface area contributed by atoms with Crippen LogP contribution in [0.5, 0.6) is 5.75 Å². The van der Waals surface area contributed by atoms with E-state index >= 15 is 0 Å². The molecule has 2 N–H and O–H groups in total. The first-order valence-corrected chi connectivity index (χ1v) is 7.23. The second-order valence-electron chi connectivity index (χ2n) is 5.69. The number of benzene rings is 1. The highest BCUT2D eigenvalue weighted by Crippen LogP contribution is 2.12. The first kappa shape index (κ1) is 16.8. The fourth-order valence-electron chi connectivity index (χ4n) is 2.34. The molecule has 0 fully saturated rings. The van der Waals surface area contributed by atoms with E-state index < -0.39 is 11.4 Å². The molecule has 0 amide bonds. The van der Waals surface area contributed by atoms with Crippen molar-refractivity contribution in [1.29, 1.82) is 0 Å². The van der Waals surface area contributed by atoms with Crippen molar-refractivity contribution in [3.63, 3.8) is 0 Å². The maximum Gasteiger partial charge on any atom is 0.317 e. The molecular weight excluding hydrogens is 296 g/mol. The van der Waals surface area contributed by atoms with Crippen LogP contribution in [-0.2, 0) is 17.9 Å². The first-order valence-electron chi connectivity index (χ1n) is 7.23. The molecule has 0 atom stereocenters.